The van der Waals surface area contributed by atoms with Crippen LogP contribution in [0, 0.1) is 0 Å². The van der Waals surface area contributed by atoms with Crippen molar-refractivity contribution in [3.05, 3.63) is 211 Å². The van der Waals surface area contributed by atoms with Gasteiger partial charge in [0.15, 0.2) is 0 Å². The lowest BCUT2D eigenvalue weighted by molar-refractivity contribution is 0.666. The predicted molar refractivity (Wildman–Crippen MR) is 240 cm³/mol. The van der Waals surface area contributed by atoms with E-state index in [9.17, 15) is 0 Å². The predicted octanol–water partition coefficient (Wildman–Crippen LogP) is 15.4. The Morgan fingerprint density at radius 1 is 0.339 bits per heavy atom. The van der Waals surface area contributed by atoms with Gasteiger partial charge in [-0.1, -0.05) is 184 Å². The van der Waals surface area contributed by atoms with Crippen LogP contribution in [0.2, 0.25) is 0 Å². The van der Waals surface area contributed by atoms with Gasteiger partial charge in [0.25, 0.3) is 0 Å². The first kappa shape index (κ1) is 32.5. The summed E-state index contributed by atoms with van der Waals surface area (Å²) in [7, 11) is 0. The number of para-hydroxylation sites is 2. The average Bonchev–Trinajstić information content (AvgIpc) is 3.51. The van der Waals surface area contributed by atoms with Crippen molar-refractivity contribution >= 4 is 60.2 Å². The Kier molecular flexibility index (Phi) is 7.28. The number of hydrogen-bond acceptors (Lipinski definition) is 1. The SMILES string of the molecule is CC1(C)c2ccccc2-c2c(-c3ccc(-c4ccc5c6ccccc6c6ccccc6c5c4)cc3)c(N(c3ccccc3)c3ccccc3)c3ccccc3c21. The standard InChI is InChI=1S/C55H39N/c1-55(2)50-28-16-15-27-48(50)52-51(54(47-26-14-13-25-46(47)53(52)55)56(39-17-5-3-6-18-39)40-19-7-4-8-20-40)37-31-29-36(30-32-37)38-33-34-45-43-23-10-9-21-41(43)42-22-11-12-24-44(42)49(45)35-38/h3-35H,1-2H3. The molecule has 0 N–H and O–H groups in total. The van der Waals surface area contributed by atoms with Gasteiger partial charge in [-0.25, -0.2) is 0 Å². The Hall–Kier alpha value is -6.96. The van der Waals surface area contributed by atoms with E-state index < -0.39 is 0 Å². The van der Waals surface area contributed by atoms with E-state index in [2.05, 4.69) is 219 Å². The highest BCUT2D eigenvalue weighted by Gasteiger charge is 2.40. The fourth-order valence-corrected chi connectivity index (χ4v) is 9.71. The molecule has 10 aromatic carbocycles. The van der Waals surface area contributed by atoms with Crippen LogP contribution in [0.1, 0.15) is 25.0 Å². The molecule has 0 amide bonds. The molecule has 0 spiro atoms. The molecular weight excluding hydrogens is 675 g/mol. The van der Waals surface area contributed by atoms with Crippen LogP contribution in [0.3, 0.4) is 0 Å². The molecule has 11 rings (SSSR count). The zero-order chi connectivity index (χ0) is 37.4. The summed E-state index contributed by atoms with van der Waals surface area (Å²) < 4.78 is 0. The van der Waals surface area contributed by atoms with E-state index in [1.807, 2.05) is 0 Å². The summed E-state index contributed by atoms with van der Waals surface area (Å²) in [4.78, 5) is 2.47. The van der Waals surface area contributed by atoms with Gasteiger partial charge in [0, 0.05) is 27.7 Å². The van der Waals surface area contributed by atoms with E-state index in [-0.39, 0.29) is 5.41 Å². The maximum atomic E-state index is 2.47. The second-order valence-corrected chi connectivity index (χ2v) is 15.6. The smallest absolute Gasteiger partial charge is 0.0624 e. The Labute approximate surface area is 327 Å². The molecule has 0 aromatic heterocycles. The third-order valence-electron chi connectivity index (χ3n) is 12.2. The maximum Gasteiger partial charge on any atom is 0.0624 e. The molecule has 1 nitrogen and oxygen atoms in total. The van der Waals surface area contributed by atoms with Gasteiger partial charge in [-0.05, 0) is 107 Å². The van der Waals surface area contributed by atoms with Crippen molar-refractivity contribution in [3.8, 4) is 33.4 Å². The molecule has 0 radical (unpaired) electrons. The third kappa shape index (κ3) is 4.81. The average molecular weight is 714 g/mol. The van der Waals surface area contributed by atoms with Crippen molar-refractivity contribution in [1.82, 2.24) is 0 Å². The van der Waals surface area contributed by atoms with Crippen LogP contribution in [0.25, 0.3) is 76.5 Å². The zero-order valence-electron chi connectivity index (χ0n) is 31.5. The fraction of sp³-hybridized carbons (Fsp3) is 0.0545. The number of anilines is 3. The fourth-order valence-electron chi connectivity index (χ4n) is 9.71. The molecule has 0 heterocycles. The topological polar surface area (TPSA) is 3.24 Å². The first-order chi connectivity index (χ1) is 27.6. The lowest BCUT2D eigenvalue weighted by atomic mass is 9.78. The largest absolute Gasteiger partial charge is 0.309 e. The minimum Gasteiger partial charge on any atom is -0.309 e. The van der Waals surface area contributed by atoms with Gasteiger partial charge >= 0.3 is 0 Å². The highest BCUT2D eigenvalue weighted by Crippen LogP contribution is 2.59. The maximum absolute atomic E-state index is 2.47. The van der Waals surface area contributed by atoms with Crippen molar-refractivity contribution in [1.29, 1.82) is 0 Å². The molecule has 56 heavy (non-hydrogen) atoms. The molecule has 264 valence electrons. The number of nitrogens with zero attached hydrogens (tertiary/aromatic N) is 1. The Bertz CT molecular complexity index is 3060. The second kappa shape index (κ2) is 12.5. The van der Waals surface area contributed by atoms with Crippen molar-refractivity contribution < 1.29 is 0 Å². The van der Waals surface area contributed by atoms with Crippen molar-refractivity contribution in [2.45, 2.75) is 19.3 Å². The number of rotatable bonds is 5. The van der Waals surface area contributed by atoms with Gasteiger partial charge in [-0.2, -0.15) is 0 Å². The lowest BCUT2D eigenvalue weighted by Crippen LogP contribution is -2.17. The van der Waals surface area contributed by atoms with E-state index in [0.29, 0.717) is 0 Å². The van der Waals surface area contributed by atoms with Crippen LogP contribution in [0.4, 0.5) is 17.1 Å². The van der Waals surface area contributed by atoms with Gasteiger partial charge in [0.05, 0.1) is 5.69 Å². The normalized spacial score (nSPS) is 13.0. The quantitative estimate of drug-likeness (QED) is 0.161. The van der Waals surface area contributed by atoms with Crippen LogP contribution in [-0.4, -0.2) is 0 Å². The number of benzene rings is 10. The number of hydrogen-bond donors (Lipinski definition) is 0. The molecule has 0 unspecified atom stereocenters. The van der Waals surface area contributed by atoms with Gasteiger partial charge < -0.3 is 4.90 Å². The molecule has 0 saturated carbocycles. The summed E-state index contributed by atoms with van der Waals surface area (Å²) in [5, 5.41) is 10.3. The molecule has 1 heteroatoms. The van der Waals surface area contributed by atoms with Crippen LogP contribution in [0.5, 0.6) is 0 Å². The summed E-state index contributed by atoms with van der Waals surface area (Å²) in [6, 6.07) is 73.8. The van der Waals surface area contributed by atoms with Gasteiger partial charge in [0.2, 0.25) is 0 Å². The van der Waals surface area contributed by atoms with Crippen LogP contribution < -0.4 is 4.90 Å². The summed E-state index contributed by atoms with van der Waals surface area (Å²) in [6.07, 6.45) is 0. The van der Waals surface area contributed by atoms with Gasteiger partial charge in [-0.15, -0.1) is 0 Å². The molecule has 0 atom stereocenters. The molecule has 0 saturated heterocycles. The highest BCUT2D eigenvalue weighted by molar-refractivity contribution is 6.26. The molecule has 0 aliphatic heterocycles. The zero-order valence-corrected chi connectivity index (χ0v) is 31.5. The Morgan fingerprint density at radius 2 is 0.786 bits per heavy atom. The molecule has 0 bridgehead atoms. The van der Waals surface area contributed by atoms with Crippen molar-refractivity contribution in [2.75, 3.05) is 4.90 Å². The minimum atomic E-state index is -0.179. The molecule has 10 aromatic rings. The van der Waals surface area contributed by atoms with Gasteiger partial charge in [0.1, 0.15) is 0 Å². The number of fused-ring (bicyclic) bond motifs is 11. The van der Waals surface area contributed by atoms with Crippen molar-refractivity contribution in [2.24, 2.45) is 0 Å². The monoisotopic (exact) mass is 713 g/mol. The molecule has 1 aliphatic rings. The summed E-state index contributed by atoms with van der Waals surface area (Å²) in [5.41, 5.74) is 13.6. The van der Waals surface area contributed by atoms with Crippen molar-refractivity contribution in [3.63, 3.8) is 0 Å². The summed E-state index contributed by atoms with van der Waals surface area (Å²) in [6.45, 7) is 4.80. The van der Waals surface area contributed by atoms with E-state index in [0.717, 1.165) is 11.4 Å². The van der Waals surface area contributed by atoms with E-state index >= 15 is 0 Å². The first-order valence-corrected chi connectivity index (χ1v) is 19.6. The van der Waals surface area contributed by atoms with Crippen LogP contribution in [0.15, 0.2) is 200 Å². The second-order valence-electron chi connectivity index (χ2n) is 15.6. The Morgan fingerprint density at radius 3 is 1.39 bits per heavy atom. The summed E-state index contributed by atoms with van der Waals surface area (Å²) in [5.74, 6) is 0. The van der Waals surface area contributed by atoms with Gasteiger partial charge in [-0.3, -0.25) is 0 Å². The van der Waals surface area contributed by atoms with Crippen LogP contribution >= 0.6 is 0 Å². The molecule has 1 aliphatic carbocycles. The lowest BCUT2D eigenvalue weighted by Gasteiger charge is -2.32. The van der Waals surface area contributed by atoms with Crippen LogP contribution in [-0.2, 0) is 5.41 Å². The highest BCUT2D eigenvalue weighted by atomic mass is 15.1. The van der Waals surface area contributed by atoms with E-state index in [4.69, 9.17) is 0 Å². The first-order valence-electron chi connectivity index (χ1n) is 19.6. The third-order valence-corrected chi connectivity index (χ3v) is 12.2. The Balaban J connectivity index is 1.19. The van der Waals surface area contributed by atoms with E-state index in [1.165, 1.54) is 93.3 Å². The molecule has 0 fully saturated rings. The van der Waals surface area contributed by atoms with E-state index in [1.54, 1.807) is 0 Å². The molecular formula is C55H39N. The minimum absolute atomic E-state index is 0.179. The summed E-state index contributed by atoms with van der Waals surface area (Å²) >= 11 is 0.